The third-order valence-electron chi connectivity index (χ3n) is 4.22. The molecule has 2 atom stereocenters. The summed E-state index contributed by atoms with van der Waals surface area (Å²) in [7, 11) is 0. The number of carbonyl (C=O) groups excluding carboxylic acids is 1. The van der Waals surface area contributed by atoms with Gasteiger partial charge in [0.05, 0.1) is 0 Å². The molecule has 1 aliphatic carbocycles. The lowest BCUT2D eigenvalue weighted by Crippen LogP contribution is -2.44. The first kappa shape index (κ1) is 14.1. The van der Waals surface area contributed by atoms with Crippen LogP contribution in [0.15, 0.2) is 24.3 Å². The molecule has 0 aromatic heterocycles. The molecule has 1 aliphatic rings. The first-order valence-corrected chi connectivity index (χ1v) is 7.25. The highest BCUT2D eigenvalue weighted by Crippen LogP contribution is 2.30. The SMILES string of the molecule is CCN(C(=O)c1ccc(C)cc1)C1CCCC1CN. The van der Waals surface area contributed by atoms with E-state index in [1.807, 2.05) is 36.1 Å². The van der Waals surface area contributed by atoms with Crippen molar-refractivity contribution < 1.29 is 4.79 Å². The molecule has 0 radical (unpaired) electrons. The van der Waals surface area contributed by atoms with Gasteiger partial charge in [-0.1, -0.05) is 24.1 Å². The highest BCUT2D eigenvalue weighted by molar-refractivity contribution is 5.94. The summed E-state index contributed by atoms with van der Waals surface area (Å²) < 4.78 is 0. The number of hydrogen-bond donors (Lipinski definition) is 1. The topological polar surface area (TPSA) is 46.3 Å². The number of benzene rings is 1. The molecule has 0 saturated heterocycles. The largest absolute Gasteiger partial charge is 0.336 e. The zero-order valence-corrected chi connectivity index (χ0v) is 11.9. The fraction of sp³-hybridized carbons (Fsp3) is 0.562. The zero-order chi connectivity index (χ0) is 13.8. The number of rotatable bonds is 4. The summed E-state index contributed by atoms with van der Waals surface area (Å²) in [6.07, 6.45) is 3.43. The van der Waals surface area contributed by atoms with Crippen LogP contribution < -0.4 is 5.73 Å². The zero-order valence-electron chi connectivity index (χ0n) is 11.9. The van der Waals surface area contributed by atoms with Gasteiger partial charge in [-0.05, 0) is 51.3 Å². The summed E-state index contributed by atoms with van der Waals surface area (Å²) >= 11 is 0. The Kier molecular flexibility index (Phi) is 4.59. The fourth-order valence-corrected chi connectivity index (χ4v) is 3.09. The van der Waals surface area contributed by atoms with Crippen molar-refractivity contribution in [2.45, 2.75) is 39.2 Å². The minimum Gasteiger partial charge on any atom is -0.336 e. The van der Waals surface area contributed by atoms with Gasteiger partial charge in [-0.3, -0.25) is 4.79 Å². The molecule has 0 aliphatic heterocycles. The van der Waals surface area contributed by atoms with Gasteiger partial charge in [0.25, 0.3) is 5.91 Å². The van der Waals surface area contributed by atoms with E-state index in [1.54, 1.807) is 0 Å². The van der Waals surface area contributed by atoms with Gasteiger partial charge in [0.1, 0.15) is 0 Å². The van der Waals surface area contributed by atoms with E-state index in [0.717, 1.165) is 24.9 Å². The molecule has 2 rings (SSSR count). The van der Waals surface area contributed by atoms with Crippen LogP contribution in [-0.2, 0) is 0 Å². The standard InChI is InChI=1S/C16H24N2O/c1-3-18(15-6-4-5-14(15)11-17)16(19)13-9-7-12(2)8-10-13/h7-10,14-15H,3-6,11,17H2,1-2H3. The molecular formula is C16H24N2O. The van der Waals surface area contributed by atoms with E-state index in [-0.39, 0.29) is 5.91 Å². The molecule has 1 saturated carbocycles. The molecule has 19 heavy (non-hydrogen) atoms. The number of hydrogen-bond acceptors (Lipinski definition) is 2. The Bertz CT molecular complexity index is 427. The molecular weight excluding hydrogens is 236 g/mol. The quantitative estimate of drug-likeness (QED) is 0.904. The van der Waals surface area contributed by atoms with Crippen molar-refractivity contribution in [3.05, 3.63) is 35.4 Å². The normalized spacial score (nSPS) is 22.5. The van der Waals surface area contributed by atoms with Crippen molar-refractivity contribution in [3.63, 3.8) is 0 Å². The number of carbonyl (C=O) groups is 1. The minimum absolute atomic E-state index is 0.146. The highest BCUT2D eigenvalue weighted by atomic mass is 16.2. The molecule has 3 nitrogen and oxygen atoms in total. The Morgan fingerprint density at radius 2 is 2.00 bits per heavy atom. The smallest absolute Gasteiger partial charge is 0.254 e. The van der Waals surface area contributed by atoms with Crippen molar-refractivity contribution in [2.24, 2.45) is 11.7 Å². The second-order valence-electron chi connectivity index (χ2n) is 5.45. The fourth-order valence-electron chi connectivity index (χ4n) is 3.09. The van der Waals surface area contributed by atoms with Crippen LogP contribution in [0.5, 0.6) is 0 Å². The summed E-state index contributed by atoms with van der Waals surface area (Å²) in [5.74, 6) is 0.613. The summed E-state index contributed by atoms with van der Waals surface area (Å²) in [5, 5.41) is 0. The Labute approximate surface area is 115 Å². The van der Waals surface area contributed by atoms with E-state index in [2.05, 4.69) is 6.92 Å². The summed E-state index contributed by atoms with van der Waals surface area (Å²) in [5.41, 5.74) is 7.81. The van der Waals surface area contributed by atoms with Crippen LogP contribution in [0.25, 0.3) is 0 Å². The van der Waals surface area contributed by atoms with E-state index in [9.17, 15) is 4.79 Å². The van der Waals surface area contributed by atoms with Gasteiger partial charge in [0.2, 0.25) is 0 Å². The lowest BCUT2D eigenvalue weighted by molar-refractivity contribution is 0.0652. The molecule has 1 aromatic carbocycles. The Morgan fingerprint density at radius 3 is 2.58 bits per heavy atom. The molecule has 1 aromatic rings. The minimum atomic E-state index is 0.146. The van der Waals surface area contributed by atoms with Crippen LogP contribution in [0.3, 0.4) is 0 Å². The molecule has 2 N–H and O–H groups in total. The number of nitrogens with two attached hydrogens (primary N) is 1. The third kappa shape index (κ3) is 2.98. The summed E-state index contributed by atoms with van der Waals surface area (Å²) in [6.45, 7) is 5.53. The van der Waals surface area contributed by atoms with Crippen LogP contribution in [0, 0.1) is 12.8 Å². The lowest BCUT2D eigenvalue weighted by Gasteiger charge is -2.32. The van der Waals surface area contributed by atoms with Crippen molar-refractivity contribution in [2.75, 3.05) is 13.1 Å². The summed E-state index contributed by atoms with van der Waals surface area (Å²) in [6, 6.07) is 8.16. The maximum absolute atomic E-state index is 12.6. The van der Waals surface area contributed by atoms with Crippen molar-refractivity contribution >= 4 is 5.91 Å². The van der Waals surface area contributed by atoms with E-state index >= 15 is 0 Å². The molecule has 0 spiro atoms. The summed E-state index contributed by atoms with van der Waals surface area (Å²) in [4.78, 5) is 14.6. The second-order valence-corrected chi connectivity index (χ2v) is 5.45. The molecule has 2 unspecified atom stereocenters. The lowest BCUT2D eigenvalue weighted by atomic mass is 10.0. The first-order valence-electron chi connectivity index (χ1n) is 7.25. The molecule has 0 heterocycles. The van der Waals surface area contributed by atoms with Gasteiger partial charge in [-0.25, -0.2) is 0 Å². The van der Waals surface area contributed by atoms with Crippen molar-refractivity contribution in [1.29, 1.82) is 0 Å². The Balaban J connectivity index is 2.17. The number of amides is 1. The third-order valence-corrected chi connectivity index (χ3v) is 4.22. The molecule has 1 fully saturated rings. The predicted octanol–water partition coefficient (Wildman–Crippen LogP) is 2.58. The van der Waals surface area contributed by atoms with Crippen LogP contribution in [0.2, 0.25) is 0 Å². The van der Waals surface area contributed by atoms with Crippen LogP contribution >= 0.6 is 0 Å². The van der Waals surface area contributed by atoms with E-state index in [4.69, 9.17) is 5.73 Å². The van der Waals surface area contributed by atoms with Gasteiger partial charge >= 0.3 is 0 Å². The van der Waals surface area contributed by atoms with Crippen molar-refractivity contribution in [1.82, 2.24) is 4.90 Å². The first-order chi connectivity index (χ1) is 9.17. The average Bonchev–Trinajstić information content (AvgIpc) is 2.88. The van der Waals surface area contributed by atoms with E-state index in [1.165, 1.54) is 12.0 Å². The number of aryl methyl sites for hydroxylation is 1. The average molecular weight is 260 g/mol. The maximum atomic E-state index is 12.6. The Hall–Kier alpha value is -1.35. The highest BCUT2D eigenvalue weighted by Gasteiger charge is 2.33. The van der Waals surface area contributed by atoms with Gasteiger partial charge in [-0.2, -0.15) is 0 Å². The monoisotopic (exact) mass is 260 g/mol. The van der Waals surface area contributed by atoms with Crippen LogP contribution in [0.1, 0.15) is 42.1 Å². The molecule has 0 bridgehead atoms. The van der Waals surface area contributed by atoms with Gasteiger partial charge in [-0.15, -0.1) is 0 Å². The molecule has 1 amide bonds. The van der Waals surface area contributed by atoms with Crippen LogP contribution in [-0.4, -0.2) is 29.9 Å². The molecule has 104 valence electrons. The molecule has 3 heteroatoms. The Morgan fingerprint density at radius 1 is 1.32 bits per heavy atom. The maximum Gasteiger partial charge on any atom is 0.254 e. The van der Waals surface area contributed by atoms with E-state index < -0.39 is 0 Å². The predicted molar refractivity (Wildman–Crippen MR) is 78.1 cm³/mol. The van der Waals surface area contributed by atoms with Crippen LogP contribution in [0.4, 0.5) is 0 Å². The second kappa shape index (κ2) is 6.20. The van der Waals surface area contributed by atoms with Gasteiger partial charge in [0, 0.05) is 18.2 Å². The van der Waals surface area contributed by atoms with Gasteiger partial charge in [0.15, 0.2) is 0 Å². The number of nitrogens with zero attached hydrogens (tertiary/aromatic N) is 1. The van der Waals surface area contributed by atoms with Crippen molar-refractivity contribution in [3.8, 4) is 0 Å². The van der Waals surface area contributed by atoms with Gasteiger partial charge < -0.3 is 10.6 Å². The van der Waals surface area contributed by atoms with E-state index in [0.29, 0.717) is 18.5 Å².